The SMILES string of the molecule is CNC(c1cc(Cl)c(Br)cc1F)C(C)C(C)C. The predicted molar refractivity (Wildman–Crippen MR) is 74.9 cm³/mol. The van der Waals surface area contributed by atoms with Crippen LogP contribution in [0.2, 0.25) is 5.02 Å². The van der Waals surface area contributed by atoms with Crippen molar-refractivity contribution in [2.75, 3.05) is 7.05 Å². The first-order chi connectivity index (χ1) is 7.88. The van der Waals surface area contributed by atoms with Crippen LogP contribution in [0.1, 0.15) is 32.4 Å². The molecule has 0 saturated carbocycles. The van der Waals surface area contributed by atoms with Crippen molar-refractivity contribution in [1.29, 1.82) is 0 Å². The van der Waals surface area contributed by atoms with Crippen molar-refractivity contribution in [2.45, 2.75) is 26.8 Å². The lowest BCUT2D eigenvalue weighted by molar-refractivity contribution is 0.310. The number of benzene rings is 1. The second-order valence-corrected chi connectivity index (χ2v) is 5.92. The minimum atomic E-state index is -0.229. The fourth-order valence-corrected chi connectivity index (χ4v) is 2.35. The van der Waals surface area contributed by atoms with Gasteiger partial charge in [-0.3, -0.25) is 0 Å². The summed E-state index contributed by atoms with van der Waals surface area (Å²) in [6, 6.07) is 3.09. The van der Waals surface area contributed by atoms with Crippen LogP contribution in [0, 0.1) is 17.7 Å². The molecule has 1 rings (SSSR count). The summed E-state index contributed by atoms with van der Waals surface area (Å²) in [6.07, 6.45) is 0. The van der Waals surface area contributed by atoms with E-state index in [1.807, 2.05) is 7.05 Å². The van der Waals surface area contributed by atoms with Gasteiger partial charge in [-0.15, -0.1) is 0 Å². The van der Waals surface area contributed by atoms with E-state index in [0.29, 0.717) is 26.9 Å². The van der Waals surface area contributed by atoms with Crippen molar-refractivity contribution < 1.29 is 4.39 Å². The molecule has 0 aromatic heterocycles. The molecule has 0 aliphatic rings. The second kappa shape index (κ2) is 6.17. The molecule has 0 aliphatic heterocycles. The molecule has 0 saturated heterocycles. The van der Waals surface area contributed by atoms with E-state index in [-0.39, 0.29) is 11.9 Å². The lowest BCUT2D eigenvalue weighted by Gasteiger charge is -2.27. The van der Waals surface area contributed by atoms with Gasteiger partial charge >= 0.3 is 0 Å². The molecule has 0 bridgehead atoms. The predicted octanol–water partition coefficient (Wildman–Crippen LogP) is 4.79. The molecule has 1 nitrogen and oxygen atoms in total. The third kappa shape index (κ3) is 3.43. The second-order valence-electron chi connectivity index (χ2n) is 4.66. The van der Waals surface area contributed by atoms with Crippen molar-refractivity contribution in [3.8, 4) is 0 Å². The highest BCUT2D eigenvalue weighted by molar-refractivity contribution is 9.10. The van der Waals surface area contributed by atoms with Crippen molar-refractivity contribution >= 4 is 27.5 Å². The molecule has 96 valence electrons. The van der Waals surface area contributed by atoms with E-state index in [2.05, 4.69) is 42.0 Å². The summed E-state index contributed by atoms with van der Waals surface area (Å²) in [4.78, 5) is 0. The largest absolute Gasteiger partial charge is 0.313 e. The van der Waals surface area contributed by atoms with Crippen LogP contribution in [0.15, 0.2) is 16.6 Å². The number of rotatable bonds is 4. The number of hydrogen-bond donors (Lipinski definition) is 1. The Labute approximate surface area is 116 Å². The van der Waals surface area contributed by atoms with Gasteiger partial charge in [-0.2, -0.15) is 0 Å². The highest BCUT2D eigenvalue weighted by atomic mass is 79.9. The first-order valence-electron chi connectivity index (χ1n) is 5.70. The molecule has 1 aromatic rings. The molecule has 17 heavy (non-hydrogen) atoms. The Bertz CT molecular complexity index is 395. The van der Waals surface area contributed by atoms with Crippen LogP contribution in [0.5, 0.6) is 0 Å². The maximum atomic E-state index is 14.0. The molecule has 2 unspecified atom stereocenters. The van der Waals surface area contributed by atoms with Gasteiger partial charge in [0.05, 0.1) is 5.02 Å². The minimum absolute atomic E-state index is 0.0272. The molecule has 0 spiro atoms. The van der Waals surface area contributed by atoms with Crippen molar-refractivity contribution in [1.82, 2.24) is 5.32 Å². The standard InChI is InChI=1S/C13H18BrClFN/c1-7(2)8(3)13(17-4)9-5-11(15)10(14)6-12(9)16/h5-8,13,17H,1-4H3. The summed E-state index contributed by atoms with van der Waals surface area (Å²) in [5.41, 5.74) is 0.627. The number of hydrogen-bond acceptors (Lipinski definition) is 1. The van der Waals surface area contributed by atoms with Crippen LogP contribution in [-0.2, 0) is 0 Å². The zero-order valence-corrected chi connectivity index (χ0v) is 12.9. The summed E-state index contributed by atoms with van der Waals surface area (Å²) in [6.45, 7) is 6.38. The highest BCUT2D eigenvalue weighted by Gasteiger charge is 2.24. The van der Waals surface area contributed by atoms with Gasteiger partial charge in [0.2, 0.25) is 0 Å². The maximum Gasteiger partial charge on any atom is 0.129 e. The van der Waals surface area contributed by atoms with E-state index in [1.165, 1.54) is 6.07 Å². The van der Waals surface area contributed by atoms with E-state index < -0.39 is 0 Å². The lowest BCUT2D eigenvalue weighted by atomic mass is 9.86. The molecule has 0 fully saturated rings. The van der Waals surface area contributed by atoms with Crippen LogP contribution in [-0.4, -0.2) is 7.05 Å². The molecule has 1 N–H and O–H groups in total. The fourth-order valence-electron chi connectivity index (χ4n) is 1.86. The topological polar surface area (TPSA) is 12.0 Å². The molecular formula is C13H18BrClFN. The number of halogens is 3. The highest BCUT2D eigenvalue weighted by Crippen LogP contribution is 2.33. The minimum Gasteiger partial charge on any atom is -0.313 e. The smallest absolute Gasteiger partial charge is 0.129 e. The first-order valence-corrected chi connectivity index (χ1v) is 6.87. The Morgan fingerprint density at radius 2 is 1.88 bits per heavy atom. The maximum absolute atomic E-state index is 14.0. The van der Waals surface area contributed by atoms with Crippen molar-refractivity contribution in [2.24, 2.45) is 11.8 Å². The van der Waals surface area contributed by atoms with Crippen molar-refractivity contribution in [3.05, 3.63) is 33.0 Å². The molecule has 4 heteroatoms. The Hall–Kier alpha value is -0.120. The molecular weight excluding hydrogens is 305 g/mol. The van der Waals surface area contributed by atoms with Crippen molar-refractivity contribution in [3.63, 3.8) is 0 Å². The third-order valence-corrected chi connectivity index (χ3v) is 4.46. The van der Waals surface area contributed by atoms with Gasteiger partial charge in [0, 0.05) is 16.1 Å². The Morgan fingerprint density at radius 3 is 2.35 bits per heavy atom. The van der Waals surface area contributed by atoms with Crippen LogP contribution in [0.3, 0.4) is 0 Å². The zero-order chi connectivity index (χ0) is 13.2. The Morgan fingerprint density at radius 1 is 1.29 bits per heavy atom. The van der Waals surface area contributed by atoms with E-state index in [9.17, 15) is 4.39 Å². The van der Waals surface area contributed by atoms with E-state index in [1.54, 1.807) is 6.07 Å². The first kappa shape index (κ1) is 14.9. The van der Waals surface area contributed by atoms with E-state index in [4.69, 9.17) is 11.6 Å². The van der Waals surface area contributed by atoms with Gasteiger partial charge in [-0.1, -0.05) is 32.4 Å². The Kier molecular flexibility index (Phi) is 5.42. The molecule has 1 aromatic carbocycles. The molecule has 0 aliphatic carbocycles. The van der Waals surface area contributed by atoms with Crippen LogP contribution >= 0.6 is 27.5 Å². The molecule has 0 heterocycles. The summed E-state index contributed by atoms with van der Waals surface area (Å²) in [5, 5.41) is 3.71. The van der Waals surface area contributed by atoms with Gasteiger partial charge < -0.3 is 5.32 Å². The van der Waals surface area contributed by atoms with E-state index >= 15 is 0 Å². The summed E-state index contributed by atoms with van der Waals surface area (Å²) in [7, 11) is 1.85. The quantitative estimate of drug-likeness (QED) is 0.786. The summed E-state index contributed by atoms with van der Waals surface area (Å²) < 4.78 is 14.6. The van der Waals surface area contributed by atoms with Gasteiger partial charge in [0.25, 0.3) is 0 Å². The monoisotopic (exact) mass is 321 g/mol. The zero-order valence-electron chi connectivity index (χ0n) is 10.5. The average molecular weight is 323 g/mol. The van der Waals surface area contributed by atoms with Crippen LogP contribution < -0.4 is 5.32 Å². The molecule has 2 atom stereocenters. The van der Waals surface area contributed by atoms with Gasteiger partial charge in [-0.05, 0) is 46.9 Å². The Balaban J connectivity index is 3.16. The summed E-state index contributed by atoms with van der Waals surface area (Å²) in [5.74, 6) is 0.564. The van der Waals surface area contributed by atoms with Crippen LogP contribution in [0.4, 0.5) is 4.39 Å². The van der Waals surface area contributed by atoms with Gasteiger partial charge in [-0.25, -0.2) is 4.39 Å². The fraction of sp³-hybridized carbons (Fsp3) is 0.538. The average Bonchev–Trinajstić information content (AvgIpc) is 2.25. The van der Waals surface area contributed by atoms with Crippen LogP contribution in [0.25, 0.3) is 0 Å². The van der Waals surface area contributed by atoms with Gasteiger partial charge in [0.1, 0.15) is 5.82 Å². The lowest BCUT2D eigenvalue weighted by Crippen LogP contribution is -2.27. The number of nitrogens with one attached hydrogen (secondary N) is 1. The molecule has 0 amide bonds. The summed E-state index contributed by atoms with van der Waals surface area (Å²) >= 11 is 9.25. The van der Waals surface area contributed by atoms with E-state index in [0.717, 1.165) is 0 Å². The third-order valence-electron chi connectivity index (χ3n) is 3.26. The normalized spacial score (nSPS) is 15.1. The van der Waals surface area contributed by atoms with Gasteiger partial charge in [0.15, 0.2) is 0 Å². The molecule has 0 radical (unpaired) electrons.